The Morgan fingerprint density at radius 2 is 0.606 bits per heavy atom. The maximum absolute atomic E-state index is 12.8. The first-order chi connectivity index (χ1) is 32.5. The topological polar surface area (TPSA) is 78.9 Å². The molecule has 0 saturated carbocycles. The van der Waals surface area contributed by atoms with Gasteiger partial charge < -0.3 is 14.2 Å². The van der Waals surface area contributed by atoms with E-state index >= 15 is 0 Å². The van der Waals surface area contributed by atoms with Gasteiger partial charge in [0.2, 0.25) is 0 Å². The van der Waals surface area contributed by atoms with E-state index in [1.54, 1.807) is 0 Å². The molecule has 0 aromatic rings. The zero-order valence-electron chi connectivity index (χ0n) is 42.1. The maximum Gasteiger partial charge on any atom is 0.306 e. The second kappa shape index (κ2) is 53.2. The van der Waals surface area contributed by atoms with Crippen LogP contribution in [0.2, 0.25) is 0 Å². The normalized spacial score (nSPS) is 13.2. The number of carbonyl (C=O) groups excluding carboxylic acids is 3. The number of hydrogen-bond acceptors (Lipinski definition) is 6. The second-order valence-electron chi connectivity index (χ2n) is 16.9. The lowest BCUT2D eigenvalue weighted by molar-refractivity contribution is -0.167. The van der Waals surface area contributed by atoms with Crippen LogP contribution in [0.1, 0.15) is 207 Å². The summed E-state index contributed by atoms with van der Waals surface area (Å²) in [6.45, 7) is 6.34. The van der Waals surface area contributed by atoms with Crippen LogP contribution in [0, 0.1) is 0 Å². The van der Waals surface area contributed by atoms with Crippen LogP contribution in [0.15, 0.2) is 134 Å². The predicted octanol–water partition coefficient (Wildman–Crippen LogP) is 17.5. The third kappa shape index (κ3) is 50.5. The van der Waals surface area contributed by atoms with E-state index in [1.807, 2.05) is 72.9 Å². The van der Waals surface area contributed by atoms with Crippen molar-refractivity contribution >= 4 is 17.9 Å². The quantitative estimate of drug-likeness (QED) is 0.0262. The van der Waals surface area contributed by atoms with Crippen LogP contribution < -0.4 is 0 Å². The zero-order valence-corrected chi connectivity index (χ0v) is 42.1. The number of unbranched alkanes of at least 4 members (excludes halogenated alkanes) is 20. The molecule has 0 heterocycles. The molecule has 0 aromatic heterocycles. The van der Waals surface area contributed by atoms with Gasteiger partial charge in [-0.25, -0.2) is 0 Å². The minimum absolute atomic E-state index is 0.118. The summed E-state index contributed by atoms with van der Waals surface area (Å²) in [5, 5.41) is 0. The van der Waals surface area contributed by atoms with Gasteiger partial charge in [0.15, 0.2) is 6.10 Å². The van der Waals surface area contributed by atoms with Gasteiger partial charge in [0, 0.05) is 19.3 Å². The molecule has 0 aliphatic rings. The highest BCUT2D eigenvalue weighted by Crippen LogP contribution is 2.12. The van der Waals surface area contributed by atoms with E-state index in [1.165, 1.54) is 64.2 Å². The van der Waals surface area contributed by atoms with E-state index in [-0.39, 0.29) is 37.5 Å². The molecule has 6 heteroatoms. The van der Waals surface area contributed by atoms with Crippen molar-refractivity contribution in [3.8, 4) is 0 Å². The molecule has 0 fully saturated rings. The van der Waals surface area contributed by atoms with Crippen molar-refractivity contribution in [2.24, 2.45) is 0 Å². The largest absolute Gasteiger partial charge is 0.462 e. The molecular formula is C60H94O6. The number of ether oxygens (including phenoxy) is 3. The van der Waals surface area contributed by atoms with Crippen molar-refractivity contribution in [1.29, 1.82) is 0 Å². The SMILES string of the molecule is CC\C=C/C=C\C=C/C=C\C=C\C=C/C=C\CCCCCC(=O)OCC(COC(=O)CCCCC/C=C\C=C/CCCC)OC(=O)CCCCCCC/C=C\C=C/CCCCCCCCC. The molecule has 0 bridgehead atoms. The molecule has 0 aromatic carbocycles. The van der Waals surface area contributed by atoms with Crippen LogP contribution in [0.4, 0.5) is 0 Å². The van der Waals surface area contributed by atoms with Gasteiger partial charge >= 0.3 is 17.9 Å². The molecule has 0 aliphatic heterocycles. The third-order valence-corrected chi connectivity index (χ3v) is 10.6. The Labute approximate surface area is 405 Å². The molecular weight excluding hydrogens is 817 g/mol. The predicted molar refractivity (Wildman–Crippen MR) is 283 cm³/mol. The summed E-state index contributed by atoms with van der Waals surface area (Å²) in [7, 11) is 0. The monoisotopic (exact) mass is 911 g/mol. The number of carbonyl (C=O) groups is 3. The molecule has 6 nitrogen and oxygen atoms in total. The van der Waals surface area contributed by atoms with E-state index in [0.717, 1.165) is 103 Å². The first-order valence-corrected chi connectivity index (χ1v) is 26.3. The Hall–Kier alpha value is -4.45. The van der Waals surface area contributed by atoms with Crippen LogP contribution in [0.5, 0.6) is 0 Å². The molecule has 0 N–H and O–H groups in total. The van der Waals surface area contributed by atoms with E-state index in [2.05, 4.69) is 81.5 Å². The maximum atomic E-state index is 12.8. The highest BCUT2D eigenvalue weighted by Gasteiger charge is 2.19. The Balaban J connectivity index is 4.55. The Bertz CT molecular complexity index is 1460. The van der Waals surface area contributed by atoms with E-state index in [9.17, 15) is 14.4 Å². The molecule has 1 unspecified atom stereocenters. The first-order valence-electron chi connectivity index (χ1n) is 26.3. The van der Waals surface area contributed by atoms with Crippen molar-refractivity contribution < 1.29 is 28.6 Å². The first kappa shape index (κ1) is 61.5. The Morgan fingerprint density at radius 3 is 1.00 bits per heavy atom. The van der Waals surface area contributed by atoms with Crippen molar-refractivity contribution in [3.63, 3.8) is 0 Å². The molecule has 0 saturated heterocycles. The molecule has 0 amide bonds. The van der Waals surface area contributed by atoms with Gasteiger partial charge in [-0.15, -0.1) is 0 Å². The molecule has 0 radical (unpaired) electrons. The van der Waals surface area contributed by atoms with E-state index in [0.29, 0.717) is 12.8 Å². The van der Waals surface area contributed by atoms with Gasteiger partial charge in [-0.3, -0.25) is 14.4 Å². The molecule has 0 rings (SSSR count). The van der Waals surface area contributed by atoms with E-state index in [4.69, 9.17) is 14.2 Å². The zero-order chi connectivity index (χ0) is 47.9. The van der Waals surface area contributed by atoms with Crippen molar-refractivity contribution in [2.45, 2.75) is 213 Å². The lowest BCUT2D eigenvalue weighted by Gasteiger charge is -2.18. The molecule has 370 valence electrons. The number of esters is 3. The average Bonchev–Trinajstić information content (AvgIpc) is 3.31. The fourth-order valence-corrected chi connectivity index (χ4v) is 6.63. The Kier molecular flexibility index (Phi) is 49.6. The average molecular weight is 911 g/mol. The fraction of sp³-hybridized carbons (Fsp3) is 0.583. The van der Waals surface area contributed by atoms with Crippen LogP contribution in [-0.4, -0.2) is 37.2 Å². The lowest BCUT2D eigenvalue weighted by Crippen LogP contribution is -2.30. The van der Waals surface area contributed by atoms with Crippen LogP contribution >= 0.6 is 0 Å². The summed E-state index contributed by atoms with van der Waals surface area (Å²) in [5.74, 6) is -1.01. The summed E-state index contributed by atoms with van der Waals surface area (Å²) in [5.41, 5.74) is 0. The number of hydrogen-bond donors (Lipinski definition) is 0. The summed E-state index contributed by atoms with van der Waals surface area (Å²) in [6, 6.07) is 0. The molecule has 0 spiro atoms. The van der Waals surface area contributed by atoms with Crippen LogP contribution in [-0.2, 0) is 28.6 Å². The fourth-order valence-electron chi connectivity index (χ4n) is 6.63. The second-order valence-corrected chi connectivity index (χ2v) is 16.9. The lowest BCUT2D eigenvalue weighted by atomic mass is 10.1. The minimum Gasteiger partial charge on any atom is -0.462 e. The minimum atomic E-state index is -0.821. The summed E-state index contributed by atoms with van der Waals surface area (Å²) < 4.78 is 16.7. The van der Waals surface area contributed by atoms with Crippen molar-refractivity contribution in [1.82, 2.24) is 0 Å². The van der Waals surface area contributed by atoms with Gasteiger partial charge in [0.05, 0.1) is 0 Å². The standard InChI is InChI=1S/C60H94O6/c1-4-7-10-13-16-19-22-24-26-28-30-32-33-35-38-41-44-47-50-53-59(62)65-56-57(55-64-58(61)52-49-46-43-40-37-21-18-15-12-9-6-3)66-60(63)54-51-48-45-42-39-36-34-31-29-27-25-23-20-17-14-11-8-5-2/h7,10,13,15-16,18-19,21-22,24,26-35,37-38,57H,4-6,8-9,11-12,14,17,20,23,25,36,39-56H2,1-3H3/b10-7-,16-13-,18-15-,22-19-,26-24-,29-27-,30-28+,33-32-,34-31-,37-21-,38-35-. The third-order valence-electron chi connectivity index (χ3n) is 10.6. The summed E-state index contributed by atoms with van der Waals surface area (Å²) in [6.07, 6.45) is 74.3. The Morgan fingerprint density at radius 1 is 0.318 bits per heavy atom. The van der Waals surface area contributed by atoms with E-state index < -0.39 is 6.10 Å². The van der Waals surface area contributed by atoms with Crippen LogP contribution in [0.25, 0.3) is 0 Å². The summed E-state index contributed by atoms with van der Waals surface area (Å²) >= 11 is 0. The van der Waals surface area contributed by atoms with Gasteiger partial charge in [0.25, 0.3) is 0 Å². The smallest absolute Gasteiger partial charge is 0.306 e. The van der Waals surface area contributed by atoms with Crippen LogP contribution in [0.3, 0.4) is 0 Å². The van der Waals surface area contributed by atoms with Gasteiger partial charge in [0.1, 0.15) is 13.2 Å². The molecule has 1 atom stereocenters. The van der Waals surface area contributed by atoms with Crippen molar-refractivity contribution in [3.05, 3.63) is 134 Å². The number of rotatable bonds is 45. The molecule has 0 aliphatic carbocycles. The van der Waals surface area contributed by atoms with Gasteiger partial charge in [-0.1, -0.05) is 238 Å². The molecule has 66 heavy (non-hydrogen) atoms. The van der Waals surface area contributed by atoms with Gasteiger partial charge in [-0.05, 0) is 83.5 Å². The van der Waals surface area contributed by atoms with Gasteiger partial charge in [-0.2, -0.15) is 0 Å². The van der Waals surface area contributed by atoms with Crippen molar-refractivity contribution in [2.75, 3.05) is 13.2 Å². The highest BCUT2D eigenvalue weighted by atomic mass is 16.6. The number of allylic oxidation sites excluding steroid dienone is 22. The highest BCUT2D eigenvalue weighted by molar-refractivity contribution is 5.71. The summed E-state index contributed by atoms with van der Waals surface area (Å²) in [4.78, 5) is 38.0.